The Bertz CT molecular complexity index is 2170. The van der Waals surface area contributed by atoms with Gasteiger partial charge in [-0.05, 0) is 66.6 Å². The van der Waals surface area contributed by atoms with Gasteiger partial charge >= 0.3 is 12.0 Å². The lowest BCUT2D eigenvalue weighted by molar-refractivity contribution is -0.155. The zero-order valence-electron chi connectivity index (χ0n) is 38.0. The van der Waals surface area contributed by atoms with Crippen molar-refractivity contribution in [1.29, 1.82) is 0 Å². The third kappa shape index (κ3) is 10.8. The van der Waals surface area contributed by atoms with Crippen molar-refractivity contribution in [3.63, 3.8) is 0 Å². The van der Waals surface area contributed by atoms with Gasteiger partial charge in [0.1, 0.15) is 12.1 Å². The standard InChI is InChI=1S/C43H54N8O6.C3H8.C2H6/c1-26(55-4)38-33(20-30(22-45-38)50-14-13-49-15-16-56-24-31(49)23-50)39-34-21-43(2,3)25-57-41(53)36-9-6-12-51(48-36)40(52)37(47-42(44)54)18-27-7-5-8-28(17-27)29-10-11-35(46-39)32(34)19-29;1-3-2;1-2/h5,7-8,10-11,17,19-20,22,26,31,36-37,46,48H,6,9,12-16,18,21,23-25H2,1-4H3,(H3,44,47,54);3H2,1-2H3;1-2H3. The van der Waals surface area contributed by atoms with Gasteiger partial charge in [-0.2, -0.15) is 0 Å². The van der Waals surface area contributed by atoms with E-state index in [-0.39, 0.29) is 25.0 Å². The Hall–Kier alpha value is -5.02. The third-order valence-electron chi connectivity index (χ3n) is 11.9. The zero-order chi connectivity index (χ0) is 44.6. The number of nitrogens with zero attached hydrogens (tertiary/aromatic N) is 4. The number of primary amides is 1. The summed E-state index contributed by atoms with van der Waals surface area (Å²) in [6, 6.07) is 14.6. The summed E-state index contributed by atoms with van der Waals surface area (Å²) in [5.74, 6) is -0.790. The van der Waals surface area contributed by atoms with Gasteiger partial charge < -0.3 is 35.1 Å². The Balaban J connectivity index is 0.00000123. The van der Waals surface area contributed by atoms with Gasteiger partial charge in [-0.1, -0.05) is 78.3 Å². The Morgan fingerprint density at radius 1 is 1.06 bits per heavy atom. The molecule has 8 rings (SSSR count). The first-order valence-corrected chi connectivity index (χ1v) is 22.5. The highest BCUT2D eigenvalue weighted by molar-refractivity contribution is 5.95. The second-order valence-electron chi connectivity index (χ2n) is 17.4. The molecule has 62 heavy (non-hydrogen) atoms. The quantitative estimate of drug-likeness (QED) is 0.158. The number of hydrazine groups is 1. The molecule has 4 aromatic rings. The first-order valence-electron chi connectivity index (χ1n) is 22.5. The lowest BCUT2D eigenvalue weighted by Gasteiger charge is -2.44. The number of carbonyl (C=O) groups is 3. The Morgan fingerprint density at radius 2 is 1.84 bits per heavy atom. The second-order valence-corrected chi connectivity index (χ2v) is 17.4. The molecule has 4 unspecified atom stereocenters. The maximum absolute atomic E-state index is 13.8. The maximum Gasteiger partial charge on any atom is 0.324 e. The number of urea groups is 1. The summed E-state index contributed by atoms with van der Waals surface area (Å²) < 4.78 is 17.8. The summed E-state index contributed by atoms with van der Waals surface area (Å²) >= 11 is 0. The summed E-state index contributed by atoms with van der Waals surface area (Å²) in [6.07, 6.45) is 4.86. The molecule has 6 heterocycles. The molecular formula is C48H68N8O6. The molecule has 0 saturated carbocycles. The number of aromatic amines is 1. The number of cyclic esters (lactones) is 1. The van der Waals surface area contributed by atoms with Crippen molar-refractivity contribution >= 4 is 34.5 Å². The van der Waals surface area contributed by atoms with Crippen LogP contribution in [0.3, 0.4) is 0 Å². The monoisotopic (exact) mass is 853 g/mol. The van der Waals surface area contributed by atoms with E-state index in [2.05, 4.69) is 89.6 Å². The summed E-state index contributed by atoms with van der Waals surface area (Å²) in [4.78, 5) is 53.4. The predicted molar refractivity (Wildman–Crippen MR) is 245 cm³/mol. The number of ether oxygens (including phenoxy) is 3. The molecule has 0 aliphatic carbocycles. The topological polar surface area (TPSA) is 167 Å². The molecule has 2 aromatic heterocycles. The van der Waals surface area contributed by atoms with Crippen molar-refractivity contribution in [3.8, 4) is 22.4 Å². The van der Waals surface area contributed by atoms with E-state index in [9.17, 15) is 14.4 Å². The van der Waals surface area contributed by atoms with Gasteiger partial charge in [0.05, 0.1) is 55.2 Å². The summed E-state index contributed by atoms with van der Waals surface area (Å²) in [7, 11) is 1.71. The molecule has 3 saturated heterocycles. The first kappa shape index (κ1) is 46.5. The number of H-pyrrole nitrogens is 1. The maximum atomic E-state index is 13.8. The van der Waals surface area contributed by atoms with Gasteiger partial charge in [0.25, 0.3) is 5.91 Å². The van der Waals surface area contributed by atoms with E-state index in [1.807, 2.05) is 39.1 Å². The van der Waals surface area contributed by atoms with Crippen molar-refractivity contribution in [2.24, 2.45) is 11.1 Å². The van der Waals surface area contributed by atoms with Crippen molar-refractivity contribution in [2.75, 3.05) is 64.6 Å². The first-order chi connectivity index (χ1) is 29.9. The van der Waals surface area contributed by atoms with Crippen LogP contribution in [-0.2, 0) is 36.6 Å². The molecule has 4 atom stereocenters. The highest BCUT2D eigenvalue weighted by Crippen LogP contribution is 2.41. The number of nitrogens with one attached hydrogen (secondary N) is 3. The Morgan fingerprint density at radius 3 is 2.60 bits per heavy atom. The molecule has 6 bridgehead atoms. The lowest BCUT2D eigenvalue weighted by Crippen LogP contribution is -2.60. The van der Waals surface area contributed by atoms with Crippen LogP contribution in [0.5, 0.6) is 0 Å². The summed E-state index contributed by atoms with van der Waals surface area (Å²) in [5.41, 5.74) is 16.9. The molecule has 14 nitrogen and oxygen atoms in total. The molecule has 4 aliphatic heterocycles. The van der Waals surface area contributed by atoms with Crippen LogP contribution in [0.15, 0.2) is 54.7 Å². The number of rotatable bonds is 5. The number of piperazine rings is 1. The van der Waals surface area contributed by atoms with E-state index in [1.54, 1.807) is 7.11 Å². The minimum atomic E-state index is -0.938. The number of benzene rings is 2. The smallest absolute Gasteiger partial charge is 0.324 e. The third-order valence-corrected chi connectivity index (χ3v) is 11.9. The van der Waals surface area contributed by atoms with Crippen molar-refractivity contribution < 1.29 is 28.6 Å². The van der Waals surface area contributed by atoms with Crippen LogP contribution in [0.2, 0.25) is 0 Å². The van der Waals surface area contributed by atoms with Gasteiger partial charge in [-0.25, -0.2) is 10.2 Å². The van der Waals surface area contributed by atoms with Crippen LogP contribution in [0.1, 0.15) is 90.7 Å². The van der Waals surface area contributed by atoms with Crippen LogP contribution < -0.4 is 21.4 Å². The summed E-state index contributed by atoms with van der Waals surface area (Å²) in [5, 5.41) is 5.11. The van der Waals surface area contributed by atoms with Gasteiger partial charge in [0.2, 0.25) is 0 Å². The fraction of sp³-hybridized carbons (Fsp3) is 0.542. The average Bonchev–Trinajstić information content (AvgIpc) is 3.64. The Labute approximate surface area is 367 Å². The summed E-state index contributed by atoms with van der Waals surface area (Å²) in [6.45, 7) is 20.2. The number of morpholine rings is 1. The van der Waals surface area contributed by atoms with E-state index >= 15 is 0 Å². The van der Waals surface area contributed by atoms with E-state index in [1.165, 1.54) is 11.4 Å². The van der Waals surface area contributed by atoms with Gasteiger partial charge in [0.15, 0.2) is 0 Å². The van der Waals surface area contributed by atoms with E-state index in [4.69, 9.17) is 24.9 Å². The highest BCUT2D eigenvalue weighted by Gasteiger charge is 2.35. The van der Waals surface area contributed by atoms with E-state index in [0.29, 0.717) is 31.8 Å². The number of methoxy groups -OCH3 is 1. The lowest BCUT2D eigenvalue weighted by atomic mass is 9.84. The number of amides is 3. The molecule has 14 heteroatoms. The van der Waals surface area contributed by atoms with Crippen LogP contribution in [-0.4, -0.2) is 116 Å². The highest BCUT2D eigenvalue weighted by atomic mass is 16.5. The molecule has 4 aliphatic rings. The number of hydrogen-bond acceptors (Lipinski definition) is 10. The average molecular weight is 853 g/mol. The van der Waals surface area contributed by atoms with E-state index < -0.39 is 29.5 Å². The molecule has 2 aromatic carbocycles. The fourth-order valence-electron chi connectivity index (χ4n) is 8.78. The molecule has 0 spiro atoms. The van der Waals surface area contributed by atoms with Gasteiger partial charge in [-0.15, -0.1) is 0 Å². The zero-order valence-corrected chi connectivity index (χ0v) is 38.0. The minimum absolute atomic E-state index is 0.158. The van der Waals surface area contributed by atoms with Gasteiger partial charge in [-0.3, -0.25) is 24.5 Å². The number of pyridine rings is 1. The minimum Gasteiger partial charge on any atom is -0.464 e. The number of esters is 1. The molecule has 3 amide bonds. The van der Waals surface area contributed by atoms with Crippen LogP contribution in [0.4, 0.5) is 10.5 Å². The Kier molecular flexibility index (Phi) is 15.7. The van der Waals surface area contributed by atoms with Crippen LogP contribution in [0, 0.1) is 5.41 Å². The number of hydrogen-bond donors (Lipinski definition) is 4. The SMILES string of the molecule is CC.CCC.COC(C)c1ncc(N2CCN3CCOCC3C2)cc1-c1[nH]c2ccc3cc2c1CC(C)(C)COC(=O)C1CCCN(N1)C(=O)C(NC(N)=O)Cc1cccc-3c1. The van der Waals surface area contributed by atoms with Crippen molar-refractivity contribution in [2.45, 2.75) is 105 Å². The number of nitrogens with two attached hydrogens (primary N) is 1. The van der Waals surface area contributed by atoms with Gasteiger partial charge in [0, 0.05) is 68.1 Å². The van der Waals surface area contributed by atoms with Crippen molar-refractivity contribution in [1.82, 2.24) is 30.6 Å². The second kappa shape index (κ2) is 20.9. The van der Waals surface area contributed by atoms with Crippen LogP contribution >= 0.6 is 0 Å². The number of fused-ring (bicyclic) bond motifs is 7. The van der Waals surface area contributed by atoms with E-state index in [0.717, 1.165) is 95.2 Å². The largest absolute Gasteiger partial charge is 0.464 e. The molecule has 5 N–H and O–H groups in total. The number of aromatic nitrogens is 2. The number of carbonyl (C=O) groups excluding carboxylic acids is 3. The van der Waals surface area contributed by atoms with Crippen LogP contribution in [0.25, 0.3) is 33.3 Å². The molecule has 0 radical (unpaired) electrons. The molecule has 336 valence electrons. The fourth-order valence-corrected chi connectivity index (χ4v) is 8.78. The van der Waals surface area contributed by atoms with Crippen molar-refractivity contribution in [3.05, 3.63) is 71.5 Å². The normalized spacial score (nSPS) is 22.2. The number of anilines is 1. The predicted octanol–water partition coefficient (Wildman–Crippen LogP) is 6.77. The molecule has 3 fully saturated rings. The molecular weight excluding hydrogens is 785 g/mol.